The van der Waals surface area contributed by atoms with Crippen LogP contribution >= 0.6 is 15.9 Å². The fourth-order valence-corrected chi connectivity index (χ4v) is 1.76. The van der Waals surface area contributed by atoms with Crippen LogP contribution in [0, 0.1) is 11.7 Å². The van der Waals surface area contributed by atoms with Gasteiger partial charge in [-0.05, 0) is 27.9 Å². The van der Waals surface area contributed by atoms with Gasteiger partial charge in [-0.3, -0.25) is 0 Å². The maximum absolute atomic E-state index is 13.3. The van der Waals surface area contributed by atoms with E-state index in [1.807, 2.05) is 0 Å². The molecule has 0 spiro atoms. The summed E-state index contributed by atoms with van der Waals surface area (Å²) in [6.45, 7) is 4.81. The highest BCUT2D eigenvalue weighted by atomic mass is 79.9. The molecule has 1 rings (SSSR count). The summed E-state index contributed by atoms with van der Waals surface area (Å²) in [7, 11) is 0. The van der Waals surface area contributed by atoms with Crippen LogP contribution in [0.25, 0.3) is 0 Å². The molecule has 1 aromatic carbocycles. The molecule has 0 fully saturated rings. The molecule has 0 radical (unpaired) electrons. The first-order chi connectivity index (χ1) is 7.58. The van der Waals surface area contributed by atoms with Crippen LogP contribution in [0.15, 0.2) is 16.6 Å². The molecule has 0 amide bonds. The van der Waals surface area contributed by atoms with Gasteiger partial charge >= 0.3 is 0 Å². The molecule has 0 heterocycles. The van der Waals surface area contributed by atoms with Crippen molar-refractivity contribution in [2.24, 2.45) is 5.92 Å². The maximum atomic E-state index is 13.3. The van der Waals surface area contributed by atoms with E-state index in [2.05, 4.69) is 29.8 Å². The third kappa shape index (κ3) is 3.37. The van der Waals surface area contributed by atoms with Crippen LogP contribution in [0.1, 0.15) is 26.7 Å². The average Bonchev–Trinajstić information content (AvgIpc) is 2.26. The summed E-state index contributed by atoms with van der Waals surface area (Å²) in [6, 6.07) is 2.85. The predicted octanol–water partition coefficient (Wildman–Crippen LogP) is 3.99. The second-order valence-corrected chi connectivity index (χ2v) is 4.65. The second kappa shape index (κ2) is 6.09. The zero-order chi connectivity index (χ0) is 12.1. The summed E-state index contributed by atoms with van der Waals surface area (Å²) in [6.07, 6.45) is 2.10. The van der Waals surface area contributed by atoms with E-state index >= 15 is 0 Å². The Morgan fingerprint density at radius 1 is 1.38 bits per heavy atom. The maximum Gasteiger partial charge on any atom is 0.145 e. The van der Waals surface area contributed by atoms with E-state index in [-0.39, 0.29) is 5.82 Å². The lowest BCUT2D eigenvalue weighted by atomic mass is 10.1. The molecular weight excluding hydrogens is 273 g/mol. The van der Waals surface area contributed by atoms with Gasteiger partial charge in [-0.15, -0.1) is 0 Å². The third-order valence-electron chi connectivity index (χ3n) is 2.68. The first-order valence-electron chi connectivity index (χ1n) is 5.45. The Bertz CT molecular complexity index is 353. The molecule has 0 aliphatic heterocycles. The fraction of sp³-hybridized carbons (Fsp3) is 0.500. The molecule has 2 N–H and O–H groups in total. The minimum Gasteiger partial charge on any atom is -0.491 e. The van der Waals surface area contributed by atoms with Gasteiger partial charge in [0.1, 0.15) is 11.6 Å². The van der Waals surface area contributed by atoms with Crippen molar-refractivity contribution in [3.05, 3.63) is 22.4 Å². The van der Waals surface area contributed by atoms with Crippen molar-refractivity contribution in [1.82, 2.24) is 0 Å². The number of anilines is 1. The van der Waals surface area contributed by atoms with E-state index in [1.54, 1.807) is 0 Å². The quantitative estimate of drug-likeness (QED) is 0.832. The van der Waals surface area contributed by atoms with Crippen molar-refractivity contribution in [2.45, 2.75) is 26.7 Å². The van der Waals surface area contributed by atoms with E-state index in [1.165, 1.54) is 12.1 Å². The summed E-state index contributed by atoms with van der Waals surface area (Å²) < 4.78 is 19.2. The number of hydrogen-bond donors (Lipinski definition) is 1. The Morgan fingerprint density at radius 2 is 2.00 bits per heavy atom. The fourth-order valence-electron chi connectivity index (χ4n) is 1.40. The van der Waals surface area contributed by atoms with Crippen LogP contribution in [0.3, 0.4) is 0 Å². The van der Waals surface area contributed by atoms with E-state index in [0.29, 0.717) is 28.4 Å². The number of ether oxygens (including phenoxy) is 1. The molecule has 0 saturated heterocycles. The van der Waals surface area contributed by atoms with E-state index in [9.17, 15) is 4.39 Å². The molecule has 0 aliphatic carbocycles. The smallest absolute Gasteiger partial charge is 0.145 e. The lowest BCUT2D eigenvalue weighted by molar-refractivity contribution is 0.241. The molecule has 0 unspecified atom stereocenters. The molecular formula is C12H17BrFNO. The standard InChI is InChI=1S/C12H17BrFNO/c1-3-8(4-2)7-16-12-6-10(14)9(13)5-11(12)15/h5-6,8H,3-4,7,15H2,1-2H3. The molecule has 0 saturated carbocycles. The molecule has 90 valence electrons. The molecule has 1 aromatic rings. The summed E-state index contributed by atoms with van der Waals surface area (Å²) in [4.78, 5) is 0. The highest BCUT2D eigenvalue weighted by Crippen LogP contribution is 2.29. The Labute approximate surface area is 104 Å². The van der Waals surface area contributed by atoms with Gasteiger partial charge < -0.3 is 10.5 Å². The molecule has 0 bridgehead atoms. The highest BCUT2D eigenvalue weighted by molar-refractivity contribution is 9.10. The van der Waals surface area contributed by atoms with Crippen LogP contribution in [-0.4, -0.2) is 6.61 Å². The number of halogens is 2. The van der Waals surface area contributed by atoms with Crippen molar-refractivity contribution in [3.63, 3.8) is 0 Å². The largest absolute Gasteiger partial charge is 0.491 e. The average molecular weight is 290 g/mol. The molecule has 16 heavy (non-hydrogen) atoms. The normalized spacial score (nSPS) is 10.8. The van der Waals surface area contributed by atoms with Crippen molar-refractivity contribution in [3.8, 4) is 5.75 Å². The van der Waals surface area contributed by atoms with Crippen molar-refractivity contribution in [2.75, 3.05) is 12.3 Å². The Balaban J connectivity index is 2.70. The van der Waals surface area contributed by atoms with Gasteiger partial charge in [0.2, 0.25) is 0 Å². The van der Waals surface area contributed by atoms with Gasteiger partial charge in [0.15, 0.2) is 0 Å². The lowest BCUT2D eigenvalue weighted by Crippen LogP contribution is -2.11. The molecule has 0 aliphatic rings. The molecule has 0 atom stereocenters. The Hall–Kier alpha value is -0.770. The van der Waals surface area contributed by atoms with Gasteiger partial charge in [-0.2, -0.15) is 0 Å². The van der Waals surface area contributed by atoms with Crippen LogP contribution in [0.5, 0.6) is 5.75 Å². The number of benzene rings is 1. The number of rotatable bonds is 5. The van der Waals surface area contributed by atoms with Crippen LogP contribution in [0.4, 0.5) is 10.1 Å². The van der Waals surface area contributed by atoms with Crippen LogP contribution in [0.2, 0.25) is 0 Å². The topological polar surface area (TPSA) is 35.2 Å². The third-order valence-corrected chi connectivity index (χ3v) is 3.29. The lowest BCUT2D eigenvalue weighted by Gasteiger charge is -2.15. The number of hydrogen-bond acceptors (Lipinski definition) is 2. The Morgan fingerprint density at radius 3 is 2.56 bits per heavy atom. The SMILES string of the molecule is CCC(CC)COc1cc(F)c(Br)cc1N. The minimum absolute atomic E-state index is 0.353. The summed E-state index contributed by atoms with van der Waals surface area (Å²) in [5, 5.41) is 0. The zero-order valence-electron chi connectivity index (χ0n) is 9.59. The van der Waals surface area contributed by atoms with Gasteiger partial charge in [0.05, 0.1) is 16.8 Å². The number of nitrogen functional groups attached to an aromatic ring is 1. The molecule has 4 heteroatoms. The molecule has 0 aromatic heterocycles. The second-order valence-electron chi connectivity index (χ2n) is 3.80. The molecule has 2 nitrogen and oxygen atoms in total. The zero-order valence-corrected chi connectivity index (χ0v) is 11.2. The van der Waals surface area contributed by atoms with Gasteiger partial charge in [0.25, 0.3) is 0 Å². The minimum atomic E-state index is -0.353. The van der Waals surface area contributed by atoms with Gasteiger partial charge in [-0.1, -0.05) is 26.7 Å². The van der Waals surface area contributed by atoms with Crippen LogP contribution in [-0.2, 0) is 0 Å². The van der Waals surface area contributed by atoms with Crippen molar-refractivity contribution >= 4 is 21.6 Å². The van der Waals surface area contributed by atoms with Crippen LogP contribution < -0.4 is 10.5 Å². The summed E-state index contributed by atoms with van der Waals surface area (Å²) >= 11 is 3.08. The van der Waals surface area contributed by atoms with Gasteiger partial charge in [-0.25, -0.2) is 4.39 Å². The first kappa shape index (κ1) is 13.3. The van der Waals surface area contributed by atoms with Gasteiger partial charge in [0, 0.05) is 6.07 Å². The summed E-state index contributed by atoms with van der Waals surface area (Å²) in [5.41, 5.74) is 6.20. The van der Waals surface area contributed by atoms with E-state index in [0.717, 1.165) is 12.8 Å². The Kier molecular flexibility index (Phi) is 5.06. The predicted molar refractivity (Wildman–Crippen MR) is 68.1 cm³/mol. The number of nitrogens with two attached hydrogens (primary N) is 1. The first-order valence-corrected chi connectivity index (χ1v) is 6.25. The highest BCUT2D eigenvalue weighted by Gasteiger charge is 2.09. The van der Waals surface area contributed by atoms with Crippen molar-refractivity contribution in [1.29, 1.82) is 0 Å². The summed E-state index contributed by atoms with van der Waals surface area (Å²) in [5.74, 6) is 0.562. The van der Waals surface area contributed by atoms with E-state index in [4.69, 9.17) is 10.5 Å². The monoisotopic (exact) mass is 289 g/mol. The van der Waals surface area contributed by atoms with Crippen molar-refractivity contribution < 1.29 is 9.13 Å². The van der Waals surface area contributed by atoms with E-state index < -0.39 is 0 Å².